The Hall–Kier alpha value is -1.25. The van der Waals surface area contributed by atoms with E-state index >= 15 is 0 Å². The van der Waals surface area contributed by atoms with Gasteiger partial charge in [-0.2, -0.15) is 0 Å². The van der Waals surface area contributed by atoms with Gasteiger partial charge in [0.15, 0.2) is 0 Å². The van der Waals surface area contributed by atoms with Crippen LogP contribution >= 0.6 is 0 Å². The van der Waals surface area contributed by atoms with Crippen LogP contribution in [-0.2, 0) is 0 Å². The Morgan fingerprint density at radius 2 is 2.00 bits per heavy atom. The minimum absolute atomic E-state index is 0.485. The zero-order chi connectivity index (χ0) is 11.4. The smallest absolute Gasteiger partial charge is 0.130 e. The average molecular weight is 207 g/mol. The van der Waals surface area contributed by atoms with Crippen LogP contribution in [0.5, 0.6) is 0 Å². The Morgan fingerprint density at radius 3 is 2.53 bits per heavy atom. The molecule has 0 saturated heterocycles. The molecule has 1 atom stereocenters. The molecular weight excluding hydrogens is 186 g/mol. The fourth-order valence-electron chi connectivity index (χ4n) is 1.70. The molecule has 3 nitrogen and oxygen atoms in total. The van der Waals surface area contributed by atoms with Gasteiger partial charge in [0.1, 0.15) is 11.6 Å². The molecule has 0 fully saturated rings. The summed E-state index contributed by atoms with van der Waals surface area (Å²) in [5, 5.41) is 0. The van der Waals surface area contributed by atoms with E-state index in [2.05, 4.69) is 37.7 Å². The lowest BCUT2D eigenvalue weighted by Crippen LogP contribution is -2.30. The van der Waals surface area contributed by atoms with E-state index < -0.39 is 0 Å². The second-order valence-electron chi connectivity index (χ2n) is 4.51. The molecule has 3 heteroatoms. The summed E-state index contributed by atoms with van der Waals surface area (Å²) in [6.45, 7) is 6.68. The van der Waals surface area contributed by atoms with Crippen LogP contribution in [-0.4, -0.2) is 18.1 Å². The van der Waals surface area contributed by atoms with Crippen molar-refractivity contribution in [3.63, 3.8) is 0 Å². The fourth-order valence-corrected chi connectivity index (χ4v) is 1.70. The monoisotopic (exact) mass is 207 g/mol. The molecule has 0 amide bonds. The van der Waals surface area contributed by atoms with Gasteiger partial charge in [-0.3, -0.25) is 0 Å². The van der Waals surface area contributed by atoms with Crippen molar-refractivity contribution in [1.29, 1.82) is 0 Å². The molecule has 1 rings (SSSR count). The molecule has 0 spiro atoms. The molecule has 0 aliphatic heterocycles. The summed E-state index contributed by atoms with van der Waals surface area (Å²) in [5.41, 5.74) is 5.66. The van der Waals surface area contributed by atoms with Crippen molar-refractivity contribution < 1.29 is 0 Å². The number of rotatable bonds is 4. The van der Waals surface area contributed by atoms with Crippen LogP contribution in [0, 0.1) is 5.92 Å². The Balaban J connectivity index is 2.71. The molecule has 0 radical (unpaired) electrons. The number of aromatic nitrogens is 1. The quantitative estimate of drug-likeness (QED) is 0.825. The summed E-state index contributed by atoms with van der Waals surface area (Å²) in [5.74, 6) is 2.22. The van der Waals surface area contributed by atoms with Crippen molar-refractivity contribution >= 4 is 11.6 Å². The normalized spacial score (nSPS) is 12.9. The molecular formula is C12H21N3. The molecule has 1 unspecified atom stereocenters. The molecule has 0 aliphatic rings. The molecule has 0 saturated carbocycles. The highest BCUT2D eigenvalue weighted by Gasteiger charge is 2.12. The lowest BCUT2D eigenvalue weighted by Gasteiger charge is -2.27. The number of hydrogen-bond donors (Lipinski definition) is 1. The van der Waals surface area contributed by atoms with E-state index in [-0.39, 0.29) is 0 Å². The summed E-state index contributed by atoms with van der Waals surface area (Å²) in [4.78, 5) is 6.48. The van der Waals surface area contributed by atoms with E-state index in [1.54, 1.807) is 0 Å². The van der Waals surface area contributed by atoms with Gasteiger partial charge in [0.2, 0.25) is 0 Å². The molecule has 2 N–H and O–H groups in total. The highest BCUT2D eigenvalue weighted by atomic mass is 15.2. The third-order valence-corrected chi connectivity index (χ3v) is 2.59. The van der Waals surface area contributed by atoms with Crippen molar-refractivity contribution in [2.24, 2.45) is 5.92 Å². The summed E-state index contributed by atoms with van der Waals surface area (Å²) < 4.78 is 0. The lowest BCUT2D eigenvalue weighted by atomic mass is 10.0. The minimum Gasteiger partial charge on any atom is -0.384 e. The maximum Gasteiger partial charge on any atom is 0.130 e. The van der Waals surface area contributed by atoms with Crippen LogP contribution in [0.4, 0.5) is 11.6 Å². The third kappa shape index (κ3) is 3.42. The Bertz CT molecular complexity index is 309. The number of nitrogens with zero attached hydrogens (tertiary/aromatic N) is 2. The molecule has 1 aromatic heterocycles. The lowest BCUT2D eigenvalue weighted by molar-refractivity contribution is 0.502. The SMILES string of the molecule is CC(C)CC(C)N(C)c1cccc(N)n1. The number of nitrogens with two attached hydrogens (primary N) is 1. The fraction of sp³-hybridized carbons (Fsp3) is 0.583. The topological polar surface area (TPSA) is 42.1 Å². The van der Waals surface area contributed by atoms with Gasteiger partial charge in [0, 0.05) is 13.1 Å². The van der Waals surface area contributed by atoms with E-state index in [0.29, 0.717) is 17.8 Å². The van der Waals surface area contributed by atoms with Crippen LogP contribution < -0.4 is 10.6 Å². The summed E-state index contributed by atoms with van der Waals surface area (Å²) in [6.07, 6.45) is 1.16. The van der Waals surface area contributed by atoms with Gasteiger partial charge in [-0.1, -0.05) is 19.9 Å². The van der Waals surface area contributed by atoms with E-state index in [0.717, 1.165) is 12.2 Å². The third-order valence-electron chi connectivity index (χ3n) is 2.59. The molecule has 0 aliphatic carbocycles. The largest absolute Gasteiger partial charge is 0.384 e. The maximum atomic E-state index is 5.66. The van der Waals surface area contributed by atoms with Crippen LogP contribution in [0.25, 0.3) is 0 Å². The molecule has 1 aromatic rings. The first-order valence-electron chi connectivity index (χ1n) is 5.46. The molecule has 84 valence electrons. The first-order chi connectivity index (χ1) is 7.00. The van der Waals surface area contributed by atoms with Crippen LogP contribution in [0.15, 0.2) is 18.2 Å². The zero-order valence-corrected chi connectivity index (χ0v) is 10.1. The highest BCUT2D eigenvalue weighted by Crippen LogP contribution is 2.17. The number of pyridine rings is 1. The van der Waals surface area contributed by atoms with Gasteiger partial charge in [-0.15, -0.1) is 0 Å². The second-order valence-corrected chi connectivity index (χ2v) is 4.51. The van der Waals surface area contributed by atoms with E-state index in [4.69, 9.17) is 5.73 Å². The van der Waals surface area contributed by atoms with Crippen LogP contribution in [0.3, 0.4) is 0 Å². The Labute approximate surface area is 92.3 Å². The van der Waals surface area contributed by atoms with Gasteiger partial charge in [-0.05, 0) is 31.4 Å². The standard InChI is InChI=1S/C12H21N3/c1-9(2)8-10(3)15(4)12-7-5-6-11(13)14-12/h5-7,9-10H,8H2,1-4H3,(H2,13,14). The Morgan fingerprint density at radius 1 is 1.33 bits per heavy atom. The minimum atomic E-state index is 0.485. The van der Waals surface area contributed by atoms with Crippen molar-refractivity contribution in [2.45, 2.75) is 33.2 Å². The van der Waals surface area contributed by atoms with Crippen molar-refractivity contribution in [3.05, 3.63) is 18.2 Å². The first kappa shape index (κ1) is 11.8. The first-order valence-corrected chi connectivity index (χ1v) is 5.46. The van der Waals surface area contributed by atoms with Gasteiger partial charge in [0.05, 0.1) is 0 Å². The van der Waals surface area contributed by atoms with E-state index in [1.165, 1.54) is 0 Å². The van der Waals surface area contributed by atoms with Gasteiger partial charge >= 0.3 is 0 Å². The van der Waals surface area contributed by atoms with E-state index in [9.17, 15) is 0 Å². The summed E-state index contributed by atoms with van der Waals surface area (Å²) in [7, 11) is 2.06. The maximum absolute atomic E-state index is 5.66. The molecule has 15 heavy (non-hydrogen) atoms. The number of anilines is 2. The van der Waals surface area contributed by atoms with Crippen molar-refractivity contribution in [2.75, 3.05) is 17.7 Å². The number of hydrogen-bond acceptors (Lipinski definition) is 3. The average Bonchev–Trinajstić information content (AvgIpc) is 2.15. The van der Waals surface area contributed by atoms with Crippen LogP contribution in [0.1, 0.15) is 27.2 Å². The van der Waals surface area contributed by atoms with Gasteiger partial charge < -0.3 is 10.6 Å². The predicted molar refractivity (Wildman–Crippen MR) is 66.0 cm³/mol. The predicted octanol–water partition coefficient (Wildman–Crippen LogP) is 2.53. The van der Waals surface area contributed by atoms with Gasteiger partial charge in [-0.25, -0.2) is 4.98 Å². The molecule has 0 aromatic carbocycles. The highest BCUT2D eigenvalue weighted by molar-refractivity contribution is 5.44. The van der Waals surface area contributed by atoms with Crippen molar-refractivity contribution in [1.82, 2.24) is 4.98 Å². The second kappa shape index (κ2) is 5.01. The number of nitrogen functional groups attached to an aromatic ring is 1. The summed E-state index contributed by atoms with van der Waals surface area (Å²) >= 11 is 0. The van der Waals surface area contributed by atoms with Gasteiger partial charge in [0.25, 0.3) is 0 Å². The van der Waals surface area contributed by atoms with Crippen LogP contribution in [0.2, 0.25) is 0 Å². The van der Waals surface area contributed by atoms with E-state index in [1.807, 2.05) is 18.2 Å². The molecule has 0 bridgehead atoms. The Kier molecular flexibility index (Phi) is 3.95. The zero-order valence-electron chi connectivity index (χ0n) is 10.1. The summed E-state index contributed by atoms with van der Waals surface area (Å²) in [6, 6.07) is 6.23. The van der Waals surface area contributed by atoms with Crippen molar-refractivity contribution in [3.8, 4) is 0 Å². The molecule has 1 heterocycles.